The molecule has 20 heavy (non-hydrogen) atoms. The lowest BCUT2D eigenvalue weighted by atomic mass is 10.2. The Morgan fingerprint density at radius 3 is 2.70 bits per heavy atom. The van der Waals surface area contributed by atoms with Gasteiger partial charge in [0.05, 0.1) is 6.61 Å². The molecule has 0 radical (unpaired) electrons. The van der Waals surface area contributed by atoms with Gasteiger partial charge in [-0.2, -0.15) is 0 Å². The van der Waals surface area contributed by atoms with Crippen LogP contribution < -0.4 is 5.32 Å². The van der Waals surface area contributed by atoms with Gasteiger partial charge in [0.1, 0.15) is 11.5 Å². The Balaban J connectivity index is 2.09. The summed E-state index contributed by atoms with van der Waals surface area (Å²) in [6, 6.07) is 14.2. The number of benzene rings is 1. The average molecular weight is 266 g/mol. The van der Waals surface area contributed by atoms with Gasteiger partial charge in [-0.05, 0) is 30.2 Å². The first-order valence-corrected chi connectivity index (χ1v) is 6.23. The SMILES string of the molecule is O=C(Nc1cccc(C#CCCO)n1)c1ccccc1. The molecule has 0 aliphatic rings. The van der Waals surface area contributed by atoms with Crippen molar-refractivity contribution >= 4 is 11.7 Å². The van der Waals surface area contributed by atoms with E-state index < -0.39 is 0 Å². The fourth-order valence-electron chi connectivity index (χ4n) is 1.56. The molecular formula is C16H14N2O2. The lowest BCUT2D eigenvalue weighted by molar-refractivity contribution is 0.102. The molecule has 4 nitrogen and oxygen atoms in total. The molecule has 100 valence electrons. The maximum Gasteiger partial charge on any atom is 0.256 e. The number of hydrogen-bond acceptors (Lipinski definition) is 3. The molecule has 0 saturated heterocycles. The van der Waals surface area contributed by atoms with Crippen molar-refractivity contribution in [2.45, 2.75) is 6.42 Å². The van der Waals surface area contributed by atoms with Gasteiger partial charge in [0, 0.05) is 12.0 Å². The van der Waals surface area contributed by atoms with Crippen molar-refractivity contribution in [2.75, 3.05) is 11.9 Å². The van der Waals surface area contributed by atoms with Crippen molar-refractivity contribution in [3.63, 3.8) is 0 Å². The molecule has 0 spiro atoms. The molecule has 2 rings (SSSR count). The largest absolute Gasteiger partial charge is 0.395 e. The summed E-state index contributed by atoms with van der Waals surface area (Å²) in [5.74, 6) is 5.86. The van der Waals surface area contributed by atoms with Crippen molar-refractivity contribution in [2.24, 2.45) is 0 Å². The van der Waals surface area contributed by atoms with Gasteiger partial charge in [-0.15, -0.1) is 0 Å². The maximum absolute atomic E-state index is 12.0. The summed E-state index contributed by atoms with van der Waals surface area (Å²) in [5.41, 5.74) is 1.13. The number of nitrogens with zero attached hydrogens (tertiary/aromatic N) is 1. The number of amides is 1. The van der Waals surface area contributed by atoms with Crippen molar-refractivity contribution in [1.82, 2.24) is 4.98 Å². The van der Waals surface area contributed by atoms with Crippen LogP contribution in [0.1, 0.15) is 22.5 Å². The van der Waals surface area contributed by atoms with Gasteiger partial charge in [0.2, 0.25) is 0 Å². The molecule has 2 aromatic rings. The van der Waals surface area contributed by atoms with Crippen LogP contribution >= 0.6 is 0 Å². The highest BCUT2D eigenvalue weighted by atomic mass is 16.2. The van der Waals surface area contributed by atoms with Gasteiger partial charge < -0.3 is 10.4 Å². The Morgan fingerprint density at radius 2 is 1.95 bits per heavy atom. The zero-order valence-electron chi connectivity index (χ0n) is 10.8. The molecule has 1 aromatic carbocycles. The van der Waals surface area contributed by atoms with E-state index in [2.05, 4.69) is 22.1 Å². The monoisotopic (exact) mass is 266 g/mol. The molecule has 0 fully saturated rings. The highest BCUT2D eigenvalue weighted by Crippen LogP contribution is 2.07. The van der Waals surface area contributed by atoms with Gasteiger partial charge in [-0.25, -0.2) is 4.98 Å². The first-order chi connectivity index (χ1) is 9.79. The van der Waals surface area contributed by atoms with E-state index in [1.807, 2.05) is 6.07 Å². The molecule has 0 atom stereocenters. The third kappa shape index (κ3) is 3.94. The van der Waals surface area contributed by atoms with Crippen LogP contribution in [0.2, 0.25) is 0 Å². The van der Waals surface area contributed by atoms with Crippen LogP contribution in [0.3, 0.4) is 0 Å². The van der Waals surface area contributed by atoms with Crippen LogP contribution in [0.25, 0.3) is 0 Å². The Bertz CT molecular complexity index is 642. The standard InChI is InChI=1S/C16H14N2O2/c19-12-5-4-9-14-10-6-11-15(17-14)18-16(20)13-7-2-1-3-8-13/h1-3,6-8,10-11,19H,5,12H2,(H,17,18,20). The van der Waals surface area contributed by atoms with E-state index in [1.54, 1.807) is 42.5 Å². The third-order valence-corrected chi connectivity index (χ3v) is 2.48. The minimum absolute atomic E-state index is 0.0252. The average Bonchev–Trinajstić information content (AvgIpc) is 2.49. The predicted octanol–water partition coefficient (Wildman–Crippen LogP) is 2.07. The molecule has 4 heteroatoms. The normalized spacial score (nSPS) is 9.45. The van der Waals surface area contributed by atoms with Gasteiger partial charge in [0.15, 0.2) is 0 Å². The first-order valence-electron chi connectivity index (χ1n) is 6.23. The van der Waals surface area contributed by atoms with Crippen molar-refractivity contribution in [3.05, 3.63) is 59.8 Å². The van der Waals surface area contributed by atoms with Crippen LogP contribution in [-0.4, -0.2) is 22.6 Å². The zero-order valence-corrected chi connectivity index (χ0v) is 10.8. The van der Waals surface area contributed by atoms with E-state index in [1.165, 1.54) is 0 Å². The Morgan fingerprint density at radius 1 is 1.15 bits per heavy atom. The predicted molar refractivity (Wildman–Crippen MR) is 77.2 cm³/mol. The van der Waals surface area contributed by atoms with Crippen molar-refractivity contribution in [3.8, 4) is 11.8 Å². The van der Waals surface area contributed by atoms with E-state index in [9.17, 15) is 4.79 Å². The van der Waals surface area contributed by atoms with Gasteiger partial charge in [-0.3, -0.25) is 4.79 Å². The molecule has 0 unspecified atom stereocenters. The summed E-state index contributed by atoms with van der Waals surface area (Å²) in [6.45, 7) is 0.0252. The molecule has 0 bridgehead atoms. The molecule has 2 N–H and O–H groups in total. The number of rotatable bonds is 3. The van der Waals surface area contributed by atoms with E-state index >= 15 is 0 Å². The van der Waals surface area contributed by atoms with Gasteiger partial charge >= 0.3 is 0 Å². The number of nitrogens with one attached hydrogen (secondary N) is 1. The number of hydrogen-bond donors (Lipinski definition) is 2. The fourth-order valence-corrected chi connectivity index (χ4v) is 1.56. The van der Waals surface area contributed by atoms with E-state index in [-0.39, 0.29) is 12.5 Å². The fraction of sp³-hybridized carbons (Fsp3) is 0.125. The van der Waals surface area contributed by atoms with Crippen molar-refractivity contribution < 1.29 is 9.90 Å². The topological polar surface area (TPSA) is 62.2 Å². The molecule has 1 heterocycles. The van der Waals surface area contributed by atoms with Crippen LogP contribution in [0.15, 0.2) is 48.5 Å². The second-order valence-electron chi connectivity index (χ2n) is 4.00. The lowest BCUT2D eigenvalue weighted by Gasteiger charge is -2.04. The smallest absolute Gasteiger partial charge is 0.256 e. The highest BCUT2D eigenvalue weighted by Gasteiger charge is 2.05. The van der Waals surface area contributed by atoms with E-state index in [4.69, 9.17) is 5.11 Å². The Labute approximate surface area is 117 Å². The number of aliphatic hydroxyl groups is 1. The number of aliphatic hydroxyl groups excluding tert-OH is 1. The molecule has 1 aromatic heterocycles. The maximum atomic E-state index is 12.0. The summed E-state index contributed by atoms with van der Waals surface area (Å²) in [4.78, 5) is 16.2. The first kappa shape index (κ1) is 13.8. The van der Waals surface area contributed by atoms with Crippen LogP contribution in [-0.2, 0) is 0 Å². The van der Waals surface area contributed by atoms with Gasteiger partial charge in [-0.1, -0.05) is 30.2 Å². The molecule has 0 aliphatic carbocycles. The number of anilines is 1. The summed E-state index contributed by atoms with van der Waals surface area (Å²) in [6.07, 6.45) is 0.405. The van der Waals surface area contributed by atoms with Crippen LogP contribution in [0.4, 0.5) is 5.82 Å². The summed E-state index contributed by atoms with van der Waals surface area (Å²) in [7, 11) is 0. The van der Waals surface area contributed by atoms with E-state index in [0.29, 0.717) is 23.5 Å². The number of pyridine rings is 1. The lowest BCUT2D eigenvalue weighted by Crippen LogP contribution is -2.12. The zero-order chi connectivity index (χ0) is 14.2. The molecule has 1 amide bonds. The quantitative estimate of drug-likeness (QED) is 0.836. The molecule has 0 aliphatic heterocycles. The molecule has 0 saturated carbocycles. The van der Waals surface area contributed by atoms with E-state index in [0.717, 1.165) is 0 Å². The van der Waals surface area contributed by atoms with Crippen LogP contribution in [0.5, 0.6) is 0 Å². The number of carbonyl (C=O) groups excluding carboxylic acids is 1. The second-order valence-corrected chi connectivity index (χ2v) is 4.00. The Kier molecular flexibility index (Phi) is 4.87. The highest BCUT2D eigenvalue weighted by molar-refractivity contribution is 6.03. The summed E-state index contributed by atoms with van der Waals surface area (Å²) >= 11 is 0. The minimum Gasteiger partial charge on any atom is -0.395 e. The Hall–Kier alpha value is -2.64. The minimum atomic E-state index is -0.210. The van der Waals surface area contributed by atoms with Gasteiger partial charge in [0.25, 0.3) is 5.91 Å². The molecular weight excluding hydrogens is 252 g/mol. The summed E-state index contributed by atoms with van der Waals surface area (Å²) in [5, 5.41) is 11.4. The summed E-state index contributed by atoms with van der Waals surface area (Å²) < 4.78 is 0. The number of carbonyl (C=O) groups is 1. The third-order valence-electron chi connectivity index (χ3n) is 2.48. The second kappa shape index (κ2) is 7.07. The number of aromatic nitrogens is 1. The van der Waals surface area contributed by atoms with Crippen molar-refractivity contribution in [1.29, 1.82) is 0 Å². The van der Waals surface area contributed by atoms with Crippen LogP contribution in [0, 0.1) is 11.8 Å².